The molecule has 2 heterocycles. The highest BCUT2D eigenvalue weighted by Gasteiger charge is 2.35. The van der Waals surface area contributed by atoms with Gasteiger partial charge >= 0.3 is 0 Å². The number of benzene rings is 1. The second-order valence-electron chi connectivity index (χ2n) is 5.89. The molecule has 2 aliphatic heterocycles. The Hall–Kier alpha value is -1.08. The van der Waals surface area contributed by atoms with Crippen LogP contribution in [0.4, 0.5) is 8.78 Å². The number of morpholine rings is 1. The van der Waals surface area contributed by atoms with E-state index in [4.69, 9.17) is 10.6 Å². The van der Waals surface area contributed by atoms with Gasteiger partial charge in [0.1, 0.15) is 0 Å². The number of hydrogen-bond acceptors (Lipinski definition) is 4. The molecule has 3 unspecified atom stereocenters. The molecule has 2 aliphatic rings. The van der Waals surface area contributed by atoms with Gasteiger partial charge in [-0.15, -0.1) is 0 Å². The van der Waals surface area contributed by atoms with Crippen molar-refractivity contribution in [1.82, 2.24) is 10.3 Å². The van der Waals surface area contributed by atoms with Crippen LogP contribution >= 0.6 is 0 Å². The summed E-state index contributed by atoms with van der Waals surface area (Å²) in [5.74, 6) is 3.98. The molecule has 116 valence electrons. The van der Waals surface area contributed by atoms with Gasteiger partial charge in [-0.05, 0) is 43.5 Å². The highest BCUT2D eigenvalue weighted by atomic mass is 19.2. The number of fused-ring (bicyclic) bond motifs is 1. The van der Waals surface area contributed by atoms with Crippen LogP contribution < -0.4 is 11.3 Å². The predicted molar refractivity (Wildman–Crippen MR) is 75.5 cm³/mol. The molecular formula is C15H21F2N3O. The fourth-order valence-corrected chi connectivity index (χ4v) is 3.30. The Kier molecular flexibility index (Phi) is 4.49. The molecule has 2 fully saturated rings. The minimum Gasteiger partial charge on any atom is -0.374 e. The lowest BCUT2D eigenvalue weighted by Gasteiger charge is -2.38. The van der Waals surface area contributed by atoms with Crippen molar-refractivity contribution in [3.8, 4) is 0 Å². The molecule has 0 radical (unpaired) electrons. The van der Waals surface area contributed by atoms with Gasteiger partial charge in [0, 0.05) is 12.6 Å². The van der Waals surface area contributed by atoms with Crippen LogP contribution in [-0.4, -0.2) is 42.8 Å². The summed E-state index contributed by atoms with van der Waals surface area (Å²) in [6.45, 7) is 2.66. The van der Waals surface area contributed by atoms with Crippen LogP contribution in [0.15, 0.2) is 18.2 Å². The number of halogens is 2. The lowest BCUT2D eigenvalue weighted by Crippen LogP contribution is -2.56. The summed E-state index contributed by atoms with van der Waals surface area (Å²) in [4.78, 5) is 2.43. The summed E-state index contributed by atoms with van der Waals surface area (Å²) in [5.41, 5.74) is 3.48. The summed E-state index contributed by atoms with van der Waals surface area (Å²) < 4.78 is 32.2. The van der Waals surface area contributed by atoms with Gasteiger partial charge in [-0.25, -0.2) is 8.78 Å². The molecule has 0 aliphatic carbocycles. The van der Waals surface area contributed by atoms with Crippen LogP contribution in [0.5, 0.6) is 0 Å². The van der Waals surface area contributed by atoms with E-state index in [9.17, 15) is 8.78 Å². The zero-order chi connectivity index (χ0) is 14.8. The Labute approximate surface area is 123 Å². The first-order chi connectivity index (χ1) is 10.2. The molecule has 6 heteroatoms. The standard InChI is InChI=1S/C15H21F2N3O/c16-12-4-3-10(6-13(12)17)7-14(19-18)15-8-20-5-1-2-11(20)9-21-15/h3-4,6,11,14-15,19H,1-2,5,7-9,18H2. The van der Waals surface area contributed by atoms with Gasteiger partial charge < -0.3 is 4.74 Å². The Morgan fingerprint density at radius 1 is 1.38 bits per heavy atom. The largest absolute Gasteiger partial charge is 0.374 e. The van der Waals surface area contributed by atoms with E-state index in [0.29, 0.717) is 18.0 Å². The first-order valence-electron chi connectivity index (χ1n) is 7.43. The topological polar surface area (TPSA) is 50.5 Å². The fraction of sp³-hybridized carbons (Fsp3) is 0.600. The number of hydrogen-bond donors (Lipinski definition) is 2. The van der Waals surface area contributed by atoms with Gasteiger partial charge in [0.15, 0.2) is 11.6 Å². The van der Waals surface area contributed by atoms with Crippen molar-refractivity contribution < 1.29 is 13.5 Å². The predicted octanol–water partition coefficient (Wildman–Crippen LogP) is 1.20. The molecular weight excluding hydrogens is 276 g/mol. The average Bonchev–Trinajstić information content (AvgIpc) is 2.95. The van der Waals surface area contributed by atoms with E-state index in [1.165, 1.54) is 18.9 Å². The van der Waals surface area contributed by atoms with Gasteiger partial charge in [0.05, 0.1) is 18.8 Å². The first-order valence-corrected chi connectivity index (χ1v) is 7.43. The van der Waals surface area contributed by atoms with Crippen LogP contribution in [0.1, 0.15) is 18.4 Å². The fourth-order valence-electron chi connectivity index (χ4n) is 3.30. The lowest BCUT2D eigenvalue weighted by atomic mass is 9.99. The molecule has 3 rings (SSSR count). The van der Waals surface area contributed by atoms with E-state index < -0.39 is 11.6 Å². The van der Waals surface area contributed by atoms with E-state index in [2.05, 4.69) is 10.3 Å². The summed E-state index contributed by atoms with van der Waals surface area (Å²) in [6, 6.07) is 4.38. The first kappa shape index (κ1) is 14.8. The third-order valence-corrected chi connectivity index (χ3v) is 4.52. The number of ether oxygens (including phenoxy) is 1. The van der Waals surface area contributed by atoms with Crippen molar-refractivity contribution in [2.45, 2.75) is 37.5 Å². The van der Waals surface area contributed by atoms with Gasteiger partial charge in [-0.1, -0.05) is 6.07 Å². The Morgan fingerprint density at radius 3 is 3.00 bits per heavy atom. The minimum atomic E-state index is -0.829. The summed E-state index contributed by atoms with van der Waals surface area (Å²) in [6.07, 6.45) is 2.88. The van der Waals surface area contributed by atoms with E-state index >= 15 is 0 Å². The smallest absolute Gasteiger partial charge is 0.159 e. The zero-order valence-electron chi connectivity index (χ0n) is 11.9. The Morgan fingerprint density at radius 2 is 2.24 bits per heavy atom. The Balaban J connectivity index is 1.65. The molecule has 3 N–H and O–H groups in total. The second kappa shape index (κ2) is 6.36. The lowest BCUT2D eigenvalue weighted by molar-refractivity contribution is -0.0644. The monoisotopic (exact) mass is 297 g/mol. The second-order valence-corrected chi connectivity index (χ2v) is 5.89. The van der Waals surface area contributed by atoms with Crippen LogP contribution in [-0.2, 0) is 11.2 Å². The molecule has 0 saturated carbocycles. The van der Waals surface area contributed by atoms with Crippen LogP contribution in [0, 0.1) is 11.6 Å². The van der Waals surface area contributed by atoms with Gasteiger partial charge in [-0.3, -0.25) is 16.2 Å². The molecule has 1 aromatic rings. The molecule has 0 aromatic heterocycles. The van der Waals surface area contributed by atoms with E-state index in [1.54, 1.807) is 6.07 Å². The maximum Gasteiger partial charge on any atom is 0.159 e. The summed E-state index contributed by atoms with van der Waals surface area (Å²) >= 11 is 0. The minimum absolute atomic E-state index is 0.0301. The number of rotatable bonds is 4. The average molecular weight is 297 g/mol. The van der Waals surface area contributed by atoms with Crippen molar-refractivity contribution in [2.75, 3.05) is 19.7 Å². The van der Waals surface area contributed by atoms with Gasteiger partial charge in [-0.2, -0.15) is 0 Å². The van der Waals surface area contributed by atoms with Gasteiger partial charge in [0.25, 0.3) is 0 Å². The molecule has 0 bridgehead atoms. The number of hydrazine groups is 1. The van der Waals surface area contributed by atoms with Crippen molar-refractivity contribution in [3.05, 3.63) is 35.4 Å². The van der Waals surface area contributed by atoms with Crippen LogP contribution in [0.25, 0.3) is 0 Å². The summed E-state index contributed by atoms with van der Waals surface area (Å²) in [7, 11) is 0. The van der Waals surface area contributed by atoms with Crippen molar-refractivity contribution >= 4 is 0 Å². The third kappa shape index (κ3) is 3.23. The highest BCUT2D eigenvalue weighted by molar-refractivity contribution is 5.19. The number of nitrogens with two attached hydrogens (primary N) is 1. The van der Waals surface area contributed by atoms with Crippen molar-refractivity contribution in [3.63, 3.8) is 0 Å². The van der Waals surface area contributed by atoms with Crippen molar-refractivity contribution in [2.24, 2.45) is 5.84 Å². The van der Waals surface area contributed by atoms with Crippen LogP contribution in [0.2, 0.25) is 0 Å². The van der Waals surface area contributed by atoms with E-state index in [-0.39, 0.29) is 12.1 Å². The molecule has 1 aromatic carbocycles. The van der Waals surface area contributed by atoms with E-state index in [0.717, 1.165) is 25.8 Å². The summed E-state index contributed by atoms with van der Waals surface area (Å²) in [5, 5.41) is 0. The molecule has 3 atom stereocenters. The zero-order valence-corrected chi connectivity index (χ0v) is 11.9. The number of nitrogens with one attached hydrogen (secondary N) is 1. The maximum absolute atomic E-state index is 13.3. The third-order valence-electron chi connectivity index (χ3n) is 4.52. The quantitative estimate of drug-likeness (QED) is 0.648. The Bertz CT molecular complexity index is 500. The normalized spacial score (nSPS) is 27.6. The number of nitrogens with zero attached hydrogens (tertiary/aromatic N) is 1. The molecule has 0 spiro atoms. The van der Waals surface area contributed by atoms with E-state index in [1.807, 2.05) is 0 Å². The van der Waals surface area contributed by atoms with Crippen molar-refractivity contribution in [1.29, 1.82) is 0 Å². The molecule has 0 amide bonds. The molecule has 4 nitrogen and oxygen atoms in total. The van der Waals surface area contributed by atoms with Gasteiger partial charge in [0.2, 0.25) is 0 Å². The van der Waals surface area contributed by atoms with Crippen LogP contribution in [0.3, 0.4) is 0 Å². The SMILES string of the molecule is NNC(Cc1ccc(F)c(F)c1)C1CN2CCCC2CO1. The molecule has 2 saturated heterocycles. The highest BCUT2D eigenvalue weighted by Crippen LogP contribution is 2.24. The maximum atomic E-state index is 13.3. The molecule has 21 heavy (non-hydrogen) atoms.